The molecule has 0 fully saturated rings. The van der Waals surface area contributed by atoms with Crippen LogP contribution in [0.2, 0.25) is 0 Å². The van der Waals surface area contributed by atoms with E-state index in [0.29, 0.717) is 12.4 Å². The van der Waals surface area contributed by atoms with Gasteiger partial charge in [-0.2, -0.15) is 5.10 Å². The van der Waals surface area contributed by atoms with Crippen LogP contribution in [0, 0.1) is 5.82 Å². The average Bonchev–Trinajstić information content (AvgIpc) is 3.56. The molecule has 3 aromatic carbocycles. The monoisotopic (exact) mass is 548 g/mol. The minimum Gasteiger partial charge on any atom is -0.492 e. The largest absolute Gasteiger partial charge is 0.492 e. The summed E-state index contributed by atoms with van der Waals surface area (Å²) in [5.74, 6) is 0.189. The predicted octanol–water partition coefficient (Wildman–Crippen LogP) is 6.58. The van der Waals surface area contributed by atoms with Crippen LogP contribution in [0.3, 0.4) is 0 Å². The van der Waals surface area contributed by atoms with E-state index in [4.69, 9.17) is 4.74 Å². The zero-order chi connectivity index (χ0) is 28.5. The maximum Gasteiger partial charge on any atom is 0.127 e. The van der Waals surface area contributed by atoms with Crippen LogP contribution in [0.25, 0.3) is 55.4 Å². The molecule has 7 nitrogen and oxygen atoms in total. The highest BCUT2D eigenvalue weighted by atomic mass is 19.1. The molecule has 2 N–H and O–H groups in total. The van der Waals surface area contributed by atoms with Gasteiger partial charge in [-0.25, -0.2) is 4.39 Å². The van der Waals surface area contributed by atoms with Gasteiger partial charge in [-0.1, -0.05) is 18.2 Å². The van der Waals surface area contributed by atoms with Gasteiger partial charge in [-0.15, -0.1) is 0 Å². The second kappa shape index (κ2) is 11.2. The molecule has 0 bridgehead atoms. The van der Waals surface area contributed by atoms with Gasteiger partial charge in [0.15, 0.2) is 0 Å². The molecule has 6 rings (SSSR count). The molecule has 41 heavy (non-hydrogen) atoms. The number of nitrogens with one attached hydrogen (secondary N) is 2. The second-order valence-electron chi connectivity index (χ2n) is 10.9. The van der Waals surface area contributed by atoms with E-state index in [-0.39, 0.29) is 5.82 Å². The molecular weight excluding hydrogens is 515 g/mol. The highest BCUT2D eigenvalue weighted by Gasteiger charge is 2.15. The summed E-state index contributed by atoms with van der Waals surface area (Å²) in [7, 11) is 8.06. The molecule has 0 amide bonds. The van der Waals surface area contributed by atoms with E-state index in [9.17, 15) is 4.39 Å². The SMILES string of the molecule is CN(C)CCOc1cc(F)cc(-c2cccc3[nH]c(-c4n[nH]c5ccc(-c6cncc(CN(C)C)c6)cc45)cc23)c1. The molecule has 208 valence electrons. The Balaban J connectivity index is 1.37. The van der Waals surface area contributed by atoms with Crippen LogP contribution in [0.15, 0.2) is 79.1 Å². The van der Waals surface area contributed by atoms with Crippen molar-refractivity contribution in [3.8, 4) is 39.4 Å². The van der Waals surface area contributed by atoms with Crippen molar-refractivity contribution in [3.05, 3.63) is 90.5 Å². The summed E-state index contributed by atoms with van der Waals surface area (Å²) in [6.45, 7) is 2.06. The number of H-pyrrole nitrogens is 2. The molecule has 0 aliphatic carbocycles. The number of fused-ring (bicyclic) bond motifs is 2. The molecule has 0 aliphatic heterocycles. The van der Waals surface area contributed by atoms with E-state index in [1.165, 1.54) is 6.07 Å². The van der Waals surface area contributed by atoms with Gasteiger partial charge in [-0.3, -0.25) is 10.1 Å². The number of rotatable bonds is 9. The van der Waals surface area contributed by atoms with Gasteiger partial charge in [-0.05, 0) is 92.9 Å². The first-order chi connectivity index (χ1) is 19.8. The van der Waals surface area contributed by atoms with Gasteiger partial charge < -0.3 is 19.5 Å². The van der Waals surface area contributed by atoms with Crippen molar-refractivity contribution < 1.29 is 9.13 Å². The number of hydrogen-bond acceptors (Lipinski definition) is 5. The molecule has 0 aliphatic rings. The molecule has 0 saturated heterocycles. The summed E-state index contributed by atoms with van der Waals surface area (Å²) in [5.41, 5.74) is 8.59. The van der Waals surface area contributed by atoms with Crippen molar-refractivity contribution in [3.63, 3.8) is 0 Å². The minimum absolute atomic E-state index is 0.329. The number of hydrogen-bond donors (Lipinski definition) is 2. The Kier molecular flexibility index (Phi) is 7.26. The number of ether oxygens (including phenoxy) is 1. The van der Waals surface area contributed by atoms with E-state index >= 15 is 0 Å². The lowest BCUT2D eigenvalue weighted by Gasteiger charge is -2.12. The summed E-state index contributed by atoms with van der Waals surface area (Å²) >= 11 is 0. The maximum atomic E-state index is 14.6. The molecule has 0 unspecified atom stereocenters. The van der Waals surface area contributed by atoms with Crippen LogP contribution >= 0.6 is 0 Å². The lowest BCUT2D eigenvalue weighted by Crippen LogP contribution is -2.19. The number of aromatic nitrogens is 4. The highest BCUT2D eigenvalue weighted by molar-refractivity contribution is 6.02. The number of benzene rings is 3. The Morgan fingerprint density at radius 3 is 2.51 bits per heavy atom. The molecule has 3 aromatic heterocycles. The fraction of sp³-hybridized carbons (Fsp3) is 0.212. The van der Waals surface area contributed by atoms with Gasteiger partial charge in [0.2, 0.25) is 0 Å². The smallest absolute Gasteiger partial charge is 0.127 e. The highest BCUT2D eigenvalue weighted by Crippen LogP contribution is 2.36. The first-order valence-electron chi connectivity index (χ1n) is 13.6. The van der Waals surface area contributed by atoms with Crippen LogP contribution in [0.4, 0.5) is 4.39 Å². The molecule has 0 spiro atoms. The summed E-state index contributed by atoms with van der Waals surface area (Å²) in [4.78, 5) is 12.2. The van der Waals surface area contributed by atoms with Crippen molar-refractivity contribution >= 4 is 21.8 Å². The topological polar surface area (TPSA) is 73.1 Å². The van der Waals surface area contributed by atoms with Crippen molar-refractivity contribution in [2.24, 2.45) is 0 Å². The lowest BCUT2D eigenvalue weighted by molar-refractivity contribution is 0.260. The van der Waals surface area contributed by atoms with Crippen molar-refractivity contribution in [2.45, 2.75) is 6.54 Å². The number of nitrogens with zero attached hydrogens (tertiary/aromatic N) is 4. The van der Waals surface area contributed by atoms with Crippen molar-refractivity contribution in [1.82, 2.24) is 30.0 Å². The standard InChI is InChI=1S/C33H33FN6O/c1-39(2)10-11-41-26-14-23(13-25(34)16-26)27-6-5-7-30-28(27)17-32(36-30)33-29-15-22(8-9-31(29)37-38-33)24-12-21(18-35-19-24)20-40(3)4/h5-9,12-19,36H,10-11,20H2,1-4H3,(H,37,38). The molecule has 6 aromatic rings. The number of aromatic amines is 2. The average molecular weight is 549 g/mol. The Morgan fingerprint density at radius 2 is 1.68 bits per heavy atom. The number of pyridine rings is 1. The van der Waals surface area contributed by atoms with Crippen LogP contribution < -0.4 is 4.74 Å². The van der Waals surface area contributed by atoms with Crippen LogP contribution in [-0.4, -0.2) is 71.3 Å². The third-order valence-corrected chi connectivity index (χ3v) is 7.10. The van der Waals surface area contributed by atoms with E-state index < -0.39 is 0 Å². The fourth-order valence-corrected chi connectivity index (χ4v) is 5.18. The van der Waals surface area contributed by atoms with Gasteiger partial charge >= 0.3 is 0 Å². The number of halogens is 1. The quantitative estimate of drug-likeness (QED) is 0.214. The summed E-state index contributed by atoms with van der Waals surface area (Å²) in [5, 5.41) is 9.84. The lowest BCUT2D eigenvalue weighted by atomic mass is 10.0. The molecule has 8 heteroatoms. The first kappa shape index (κ1) is 26.7. The Morgan fingerprint density at radius 1 is 0.805 bits per heavy atom. The van der Waals surface area contributed by atoms with E-state index in [2.05, 4.69) is 69.5 Å². The van der Waals surface area contributed by atoms with Gasteiger partial charge in [0, 0.05) is 53.4 Å². The predicted molar refractivity (Wildman–Crippen MR) is 163 cm³/mol. The summed E-state index contributed by atoms with van der Waals surface area (Å²) in [6.07, 6.45) is 3.80. The minimum atomic E-state index is -0.329. The van der Waals surface area contributed by atoms with Crippen LogP contribution in [0.1, 0.15) is 5.56 Å². The summed E-state index contributed by atoms with van der Waals surface area (Å²) in [6, 6.07) is 21.5. The van der Waals surface area contributed by atoms with E-state index in [1.54, 1.807) is 6.07 Å². The van der Waals surface area contributed by atoms with Gasteiger partial charge in [0.1, 0.15) is 23.9 Å². The number of likely N-dealkylation sites (N-methyl/N-ethyl adjacent to an activating group) is 1. The van der Waals surface area contributed by atoms with Crippen molar-refractivity contribution in [1.29, 1.82) is 0 Å². The second-order valence-corrected chi connectivity index (χ2v) is 10.9. The van der Waals surface area contributed by atoms with Crippen LogP contribution in [0.5, 0.6) is 5.75 Å². The Hall–Kier alpha value is -4.53. The van der Waals surface area contributed by atoms with Gasteiger partial charge in [0.25, 0.3) is 0 Å². The Bertz CT molecular complexity index is 1840. The normalized spacial score (nSPS) is 11.8. The van der Waals surface area contributed by atoms with E-state index in [0.717, 1.165) is 74.1 Å². The van der Waals surface area contributed by atoms with Crippen LogP contribution in [-0.2, 0) is 6.54 Å². The van der Waals surface area contributed by atoms with Crippen molar-refractivity contribution in [2.75, 3.05) is 41.3 Å². The summed E-state index contributed by atoms with van der Waals surface area (Å²) < 4.78 is 20.5. The van der Waals surface area contributed by atoms with E-state index in [1.807, 2.05) is 55.7 Å². The maximum absolute atomic E-state index is 14.6. The molecule has 0 atom stereocenters. The molecule has 0 radical (unpaired) electrons. The zero-order valence-corrected chi connectivity index (χ0v) is 23.7. The first-order valence-corrected chi connectivity index (χ1v) is 13.6. The molecular formula is C33H33FN6O. The zero-order valence-electron chi connectivity index (χ0n) is 23.7. The third-order valence-electron chi connectivity index (χ3n) is 7.10. The molecule has 3 heterocycles. The molecule has 0 saturated carbocycles. The Labute approximate surface area is 238 Å². The fourth-order valence-electron chi connectivity index (χ4n) is 5.18. The van der Waals surface area contributed by atoms with Gasteiger partial charge in [0.05, 0.1) is 11.2 Å². The third kappa shape index (κ3) is 5.70.